The summed E-state index contributed by atoms with van der Waals surface area (Å²) in [6, 6.07) is 6.34. The highest BCUT2D eigenvalue weighted by Gasteiger charge is 2.31. The van der Waals surface area contributed by atoms with Gasteiger partial charge in [0, 0.05) is 53.1 Å². The minimum atomic E-state index is -0.572. The van der Waals surface area contributed by atoms with Crippen molar-refractivity contribution in [2.45, 2.75) is 79.2 Å². The molecule has 5 amide bonds. The number of piperidine rings is 1. The van der Waals surface area contributed by atoms with Crippen LogP contribution in [-0.4, -0.2) is 57.7 Å². The molecule has 1 aromatic carbocycles. The molecule has 0 bridgehead atoms. The predicted molar refractivity (Wildman–Crippen MR) is 180 cm³/mol. The topological polar surface area (TPSA) is 171 Å². The average Bonchev–Trinajstić information content (AvgIpc) is 3.64. The molecule has 5 N–H and O–H groups in total. The van der Waals surface area contributed by atoms with E-state index < -0.39 is 11.6 Å². The molecular formula is C34H43N7O6. The Morgan fingerprint density at radius 1 is 1.02 bits per heavy atom. The summed E-state index contributed by atoms with van der Waals surface area (Å²) in [5, 5.41) is 15.2. The van der Waals surface area contributed by atoms with Crippen LogP contribution >= 0.6 is 0 Å². The number of anilines is 4. The summed E-state index contributed by atoms with van der Waals surface area (Å²) in [4.78, 5) is 56.2. The lowest BCUT2D eigenvalue weighted by Gasteiger charge is -2.33. The van der Waals surface area contributed by atoms with E-state index in [1.165, 1.54) is 0 Å². The monoisotopic (exact) mass is 645 g/mol. The van der Waals surface area contributed by atoms with E-state index in [-0.39, 0.29) is 29.2 Å². The largest absolute Gasteiger partial charge is 0.444 e. The van der Waals surface area contributed by atoms with Gasteiger partial charge in [0.05, 0.1) is 16.9 Å². The zero-order chi connectivity index (χ0) is 34.3. The third kappa shape index (κ3) is 7.67. The number of carbonyl (C=O) groups is 4. The Balaban J connectivity index is 1.23. The van der Waals surface area contributed by atoms with Crippen molar-refractivity contribution in [2.75, 3.05) is 34.4 Å². The van der Waals surface area contributed by atoms with Crippen LogP contribution in [0.2, 0.25) is 0 Å². The molecule has 2 aliphatic heterocycles. The van der Waals surface area contributed by atoms with Crippen molar-refractivity contribution in [3.05, 3.63) is 52.5 Å². The normalized spacial score (nSPS) is 16.1. The first-order valence-corrected chi connectivity index (χ1v) is 15.7. The molecular weight excluding hydrogens is 602 g/mol. The van der Waals surface area contributed by atoms with Gasteiger partial charge in [0.1, 0.15) is 11.4 Å². The summed E-state index contributed by atoms with van der Waals surface area (Å²) < 4.78 is 10.8. The van der Waals surface area contributed by atoms with Gasteiger partial charge in [-0.15, -0.1) is 0 Å². The number of aromatic amines is 1. The molecule has 2 aliphatic rings. The summed E-state index contributed by atoms with van der Waals surface area (Å²) in [5.74, 6) is 0.311. The highest BCUT2D eigenvalue weighted by atomic mass is 16.6. The molecule has 4 heterocycles. The molecule has 13 nitrogen and oxygen atoms in total. The summed E-state index contributed by atoms with van der Waals surface area (Å²) in [7, 11) is 0. The highest BCUT2D eigenvalue weighted by molar-refractivity contribution is 6.35. The Kier molecular flexibility index (Phi) is 8.94. The van der Waals surface area contributed by atoms with Gasteiger partial charge >= 0.3 is 12.1 Å². The second kappa shape index (κ2) is 12.6. The fourth-order valence-electron chi connectivity index (χ4n) is 5.51. The highest BCUT2D eigenvalue weighted by Crippen LogP contribution is 2.37. The third-order valence-corrected chi connectivity index (χ3v) is 8.08. The van der Waals surface area contributed by atoms with Gasteiger partial charge in [0.2, 0.25) is 5.91 Å². The smallest absolute Gasteiger partial charge is 0.410 e. The molecule has 0 atom stereocenters. The molecule has 5 rings (SSSR count). The van der Waals surface area contributed by atoms with Crippen LogP contribution in [0.15, 0.2) is 28.8 Å². The number of benzene rings is 1. The van der Waals surface area contributed by atoms with E-state index in [1.54, 1.807) is 35.2 Å². The number of nitrogens with one attached hydrogen (secondary N) is 5. The first kappa shape index (κ1) is 33.3. The summed E-state index contributed by atoms with van der Waals surface area (Å²) in [5.41, 5.74) is 4.28. The molecule has 3 aromatic rings. The number of nitrogens with zero attached hydrogens (tertiary/aromatic N) is 2. The molecule has 250 valence electrons. The van der Waals surface area contributed by atoms with E-state index in [0.29, 0.717) is 71.4 Å². The molecule has 1 saturated heterocycles. The van der Waals surface area contributed by atoms with Gasteiger partial charge < -0.3 is 35.1 Å². The van der Waals surface area contributed by atoms with Gasteiger partial charge in [-0.25, -0.2) is 9.59 Å². The second-order valence-electron chi connectivity index (χ2n) is 14.1. The minimum Gasteiger partial charge on any atom is -0.444 e. The molecule has 0 saturated carbocycles. The van der Waals surface area contributed by atoms with Gasteiger partial charge in [-0.3, -0.25) is 14.9 Å². The van der Waals surface area contributed by atoms with E-state index >= 15 is 0 Å². The van der Waals surface area contributed by atoms with Gasteiger partial charge in [-0.1, -0.05) is 32.0 Å². The maximum Gasteiger partial charge on any atom is 0.410 e. The Labute approximate surface area is 273 Å². The first-order valence-electron chi connectivity index (χ1n) is 15.7. The number of urea groups is 1. The fraction of sp³-hybridized carbons (Fsp3) is 0.441. The number of hydrogen-bond acceptors (Lipinski definition) is 7. The molecule has 13 heteroatoms. The van der Waals surface area contributed by atoms with E-state index in [9.17, 15) is 19.2 Å². The van der Waals surface area contributed by atoms with Crippen molar-refractivity contribution in [3.8, 4) is 0 Å². The zero-order valence-corrected chi connectivity index (χ0v) is 28.1. The number of ether oxygens (including phenoxy) is 1. The zero-order valence-electron chi connectivity index (χ0n) is 28.1. The Bertz CT molecular complexity index is 1750. The number of rotatable bonds is 5. The van der Waals surface area contributed by atoms with Crippen molar-refractivity contribution in [1.82, 2.24) is 15.0 Å². The Hall–Kier alpha value is -5.07. The lowest BCUT2D eigenvalue weighted by molar-refractivity contribution is -0.121. The number of likely N-dealkylation sites (tertiary alicyclic amines) is 1. The number of H-pyrrole nitrogens is 1. The van der Waals surface area contributed by atoms with Gasteiger partial charge in [0.25, 0.3) is 5.91 Å². The van der Waals surface area contributed by atoms with Gasteiger partial charge in [-0.2, -0.15) is 0 Å². The predicted octanol–water partition coefficient (Wildman–Crippen LogP) is 6.64. The maximum absolute atomic E-state index is 13.2. The molecule has 0 unspecified atom stereocenters. The Morgan fingerprint density at radius 3 is 2.36 bits per heavy atom. The van der Waals surface area contributed by atoms with E-state index in [4.69, 9.17) is 9.26 Å². The van der Waals surface area contributed by atoms with Crippen LogP contribution in [0.25, 0.3) is 11.6 Å². The summed E-state index contributed by atoms with van der Waals surface area (Å²) >= 11 is 0. The maximum atomic E-state index is 13.2. The van der Waals surface area contributed by atoms with Crippen molar-refractivity contribution in [3.63, 3.8) is 0 Å². The van der Waals surface area contributed by atoms with Crippen molar-refractivity contribution in [2.24, 2.45) is 5.92 Å². The quantitative estimate of drug-likeness (QED) is 0.194. The van der Waals surface area contributed by atoms with Crippen LogP contribution in [0.4, 0.5) is 32.5 Å². The first-order chi connectivity index (χ1) is 22.0. The van der Waals surface area contributed by atoms with Crippen LogP contribution in [0.1, 0.15) is 82.7 Å². The minimum absolute atomic E-state index is 0.107. The van der Waals surface area contributed by atoms with Crippen molar-refractivity contribution < 1.29 is 28.4 Å². The van der Waals surface area contributed by atoms with E-state index in [1.807, 2.05) is 55.4 Å². The number of fused-ring (bicyclic) bond motifs is 1. The molecule has 0 radical (unpaired) electrons. The number of carbonyl (C=O) groups excluding carboxylic acids is 4. The molecule has 2 aromatic heterocycles. The molecule has 1 fully saturated rings. The lowest BCUT2D eigenvalue weighted by Crippen LogP contribution is -2.43. The van der Waals surface area contributed by atoms with Crippen LogP contribution in [0.5, 0.6) is 0 Å². The standard InChI is InChI=1S/C34H43N7O6/c1-18-24(35-19(2)28(18)39-29(42)20-11-13-41(14-12-20)32(45)46-34(6,7)8)16-23-22-10-9-21(15-25(22)37-30(23)43)36-31(44)38-27-17-26(47-40-27)33(3,4)5/h9-10,15-17,20,35H,11-14H2,1-8H3,(H,37,43)(H,39,42)(H2,36,38,40,44)/b23-16-. The molecule has 47 heavy (non-hydrogen) atoms. The van der Waals surface area contributed by atoms with Crippen molar-refractivity contribution in [1.29, 1.82) is 0 Å². The van der Waals surface area contributed by atoms with Crippen LogP contribution in [0.3, 0.4) is 0 Å². The Morgan fingerprint density at radius 2 is 1.72 bits per heavy atom. The van der Waals surface area contributed by atoms with Gasteiger partial charge in [0.15, 0.2) is 5.82 Å². The number of hydrogen-bond donors (Lipinski definition) is 5. The summed E-state index contributed by atoms with van der Waals surface area (Å²) in [6.07, 6.45) is 2.48. The van der Waals surface area contributed by atoms with Crippen LogP contribution < -0.4 is 21.3 Å². The number of aromatic nitrogens is 2. The second-order valence-corrected chi connectivity index (χ2v) is 14.1. The third-order valence-electron chi connectivity index (χ3n) is 8.08. The van der Waals surface area contributed by atoms with Crippen molar-refractivity contribution >= 4 is 58.5 Å². The summed E-state index contributed by atoms with van der Waals surface area (Å²) in [6.45, 7) is 16.1. The van der Waals surface area contributed by atoms with Gasteiger partial charge in [-0.05, 0) is 71.2 Å². The molecule has 0 spiro atoms. The average molecular weight is 646 g/mol. The van der Waals surface area contributed by atoms with E-state index in [2.05, 4.69) is 31.4 Å². The van der Waals surface area contributed by atoms with Crippen LogP contribution in [0, 0.1) is 19.8 Å². The SMILES string of the molecule is Cc1[nH]c(/C=C2\C(=O)Nc3cc(NC(=O)Nc4cc(C(C)(C)C)on4)ccc32)c(C)c1NC(=O)C1CCN(C(=O)OC(C)(C)C)CC1. The van der Waals surface area contributed by atoms with E-state index in [0.717, 1.165) is 11.3 Å². The lowest BCUT2D eigenvalue weighted by atomic mass is 9.93. The fourth-order valence-corrected chi connectivity index (χ4v) is 5.51. The number of aryl methyl sites for hydroxylation is 1. The number of amides is 5. The molecule has 0 aliphatic carbocycles. The van der Waals surface area contributed by atoms with Crippen LogP contribution in [-0.2, 0) is 19.7 Å².